The van der Waals surface area contributed by atoms with E-state index in [2.05, 4.69) is 22.3 Å². The molecule has 2 unspecified atom stereocenters. The lowest BCUT2D eigenvalue weighted by molar-refractivity contribution is -0.124. The lowest BCUT2D eigenvalue weighted by atomic mass is 10.1. The molecule has 5 heteroatoms. The van der Waals surface area contributed by atoms with E-state index in [1.165, 1.54) is 17.7 Å². The number of carbonyl (C=O) groups is 1. The smallest absolute Gasteiger partial charge is 0.223 e. The number of carbonyl (C=O) groups excluding carboxylic acids is 1. The van der Waals surface area contributed by atoms with Crippen LogP contribution in [0, 0.1) is 12.8 Å². The monoisotopic (exact) mass is 372 g/mol. The van der Waals surface area contributed by atoms with E-state index in [1.807, 2.05) is 44.2 Å². The fourth-order valence-corrected chi connectivity index (χ4v) is 4.22. The lowest BCUT2D eigenvalue weighted by Crippen LogP contribution is -2.39. The van der Waals surface area contributed by atoms with Gasteiger partial charge in [0.15, 0.2) is 0 Å². The summed E-state index contributed by atoms with van der Waals surface area (Å²) in [4.78, 5) is 16.2. The molecule has 1 aliphatic rings. The van der Waals surface area contributed by atoms with Gasteiger partial charge in [0.1, 0.15) is 11.5 Å². The van der Waals surface area contributed by atoms with Gasteiger partial charge in [0.25, 0.3) is 0 Å². The maximum atomic E-state index is 12.5. The van der Waals surface area contributed by atoms with Gasteiger partial charge in [0, 0.05) is 23.1 Å². The highest BCUT2D eigenvalue weighted by Crippen LogP contribution is 2.26. The number of furan rings is 1. The van der Waals surface area contributed by atoms with Crippen molar-refractivity contribution in [3.05, 3.63) is 54.0 Å². The van der Waals surface area contributed by atoms with Gasteiger partial charge in [-0.3, -0.25) is 9.69 Å². The normalized spacial score (nSPS) is 17.2. The Labute approximate surface area is 160 Å². The second kappa shape index (κ2) is 9.28. The van der Waals surface area contributed by atoms with Crippen molar-refractivity contribution in [2.45, 2.75) is 37.6 Å². The molecule has 1 saturated heterocycles. The molecule has 1 fully saturated rings. The largest absolute Gasteiger partial charge is 0.465 e. The molecule has 0 saturated carbocycles. The van der Waals surface area contributed by atoms with E-state index in [4.69, 9.17) is 4.42 Å². The van der Waals surface area contributed by atoms with Crippen LogP contribution in [0.15, 0.2) is 51.8 Å². The summed E-state index contributed by atoms with van der Waals surface area (Å²) in [5.41, 5.74) is 0. The summed E-state index contributed by atoms with van der Waals surface area (Å²) in [6.45, 7) is 6.70. The molecule has 1 aromatic heterocycles. The van der Waals surface area contributed by atoms with Crippen molar-refractivity contribution >= 4 is 17.7 Å². The number of nitrogens with one attached hydrogen (secondary N) is 1. The maximum absolute atomic E-state index is 12.5. The van der Waals surface area contributed by atoms with Gasteiger partial charge in [-0.2, -0.15) is 0 Å². The third-order valence-electron chi connectivity index (χ3n) is 4.83. The highest BCUT2D eigenvalue weighted by atomic mass is 32.2. The van der Waals surface area contributed by atoms with E-state index in [0.29, 0.717) is 6.54 Å². The molecular weight excluding hydrogens is 344 g/mol. The zero-order chi connectivity index (χ0) is 18.4. The molecule has 1 aromatic carbocycles. The molecule has 1 aliphatic heterocycles. The number of likely N-dealkylation sites (tertiary alicyclic amines) is 1. The van der Waals surface area contributed by atoms with Crippen LogP contribution >= 0.6 is 11.8 Å². The Morgan fingerprint density at radius 3 is 2.58 bits per heavy atom. The van der Waals surface area contributed by atoms with E-state index < -0.39 is 0 Å². The van der Waals surface area contributed by atoms with Crippen molar-refractivity contribution in [2.24, 2.45) is 5.92 Å². The van der Waals surface area contributed by atoms with Crippen LogP contribution in [-0.4, -0.2) is 36.2 Å². The molecule has 0 spiro atoms. The van der Waals surface area contributed by atoms with Crippen molar-refractivity contribution < 1.29 is 9.21 Å². The van der Waals surface area contributed by atoms with E-state index >= 15 is 0 Å². The van der Waals surface area contributed by atoms with Gasteiger partial charge >= 0.3 is 0 Å². The molecule has 2 heterocycles. The Morgan fingerprint density at radius 1 is 1.19 bits per heavy atom. The fourth-order valence-electron chi connectivity index (χ4n) is 3.28. The number of aryl methyl sites for hydroxylation is 1. The molecule has 0 radical (unpaired) electrons. The third kappa shape index (κ3) is 5.15. The summed E-state index contributed by atoms with van der Waals surface area (Å²) in [5, 5.41) is 3.15. The quantitative estimate of drug-likeness (QED) is 0.703. The zero-order valence-corrected chi connectivity index (χ0v) is 16.4. The van der Waals surface area contributed by atoms with Gasteiger partial charge in [-0.15, -0.1) is 11.8 Å². The SMILES string of the molecule is Cc1ccc(C(CNC(=O)C(C)CSc2ccccc2)N2CCCC2)o1. The van der Waals surface area contributed by atoms with Crippen LogP contribution < -0.4 is 5.32 Å². The number of thioether (sulfide) groups is 1. The highest BCUT2D eigenvalue weighted by Gasteiger charge is 2.27. The van der Waals surface area contributed by atoms with Crippen LogP contribution in [-0.2, 0) is 4.79 Å². The number of amides is 1. The second-order valence-electron chi connectivity index (χ2n) is 6.98. The molecule has 1 amide bonds. The number of hydrogen-bond acceptors (Lipinski definition) is 4. The number of rotatable bonds is 8. The minimum absolute atomic E-state index is 0.0298. The number of benzene rings is 1. The Kier molecular flexibility index (Phi) is 6.80. The van der Waals surface area contributed by atoms with E-state index in [9.17, 15) is 4.79 Å². The van der Waals surface area contributed by atoms with Crippen molar-refractivity contribution in [3.63, 3.8) is 0 Å². The lowest BCUT2D eigenvalue weighted by Gasteiger charge is -2.26. The summed E-state index contributed by atoms with van der Waals surface area (Å²) in [6.07, 6.45) is 2.43. The third-order valence-corrected chi connectivity index (χ3v) is 6.10. The molecular formula is C21H28N2O2S. The summed E-state index contributed by atoms with van der Waals surface area (Å²) in [6, 6.07) is 14.4. The average Bonchev–Trinajstić information content (AvgIpc) is 3.33. The van der Waals surface area contributed by atoms with Crippen LogP contribution in [0.5, 0.6) is 0 Å². The van der Waals surface area contributed by atoms with Crippen molar-refractivity contribution in [1.29, 1.82) is 0 Å². The van der Waals surface area contributed by atoms with Gasteiger partial charge in [0.2, 0.25) is 5.91 Å². The first-order valence-corrected chi connectivity index (χ1v) is 10.4. The van der Waals surface area contributed by atoms with Gasteiger partial charge in [0.05, 0.1) is 6.04 Å². The predicted octanol–water partition coefficient (Wildman–Crippen LogP) is 4.27. The molecule has 2 aromatic rings. The minimum Gasteiger partial charge on any atom is -0.465 e. The topological polar surface area (TPSA) is 45.5 Å². The second-order valence-corrected chi connectivity index (χ2v) is 8.07. The fraction of sp³-hybridized carbons (Fsp3) is 0.476. The van der Waals surface area contributed by atoms with Crippen molar-refractivity contribution in [1.82, 2.24) is 10.2 Å². The van der Waals surface area contributed by atoms with Gasteiger partial charge in [-0.05, 0) is 57.1 Å². The molecule has 140 valence electrons. The molecule has 0 aliphatic carbocycles. The Hall–Kier alpha value is -1.72. The average molecular weight is 373 g/mol. The van der Waals surface area contributed by atoms with E-state index in [1.54, 1.807) is 11.8 Å². The van der Waals surface area contributed by atoms with Gasteiger partial charge in [-0.1, -0.05) is 25.1 Å². The summed E-state index contributed by atoms with van der Waals surface area (Å²) < 4.78 is 5.86. The highest BCUT2D eigenvalue weighted by molar-refractivity contribution is 7.99. The molecule has 3 rings (SSSR count). The van der Waals surface area contributed by atoms with Crippen LogP contribution in [0.2, 0.25) is 0 Å². The maximum Gasteiger partial charge on any atom is 0.223 e. The van der Waals surface area contributed by atoms with Gasteiger partial charge < -0.3 is 9.73 Å². The minimum atomic E-state index is -0.0298. The summed E-state index contributed by atoms with van der Waals surface area (Å²) >= 11 is 1.73. The first kappa shape index (κ1) is 19.1. The summed E-state index contributed by atoms with van der Waals surface area (Å²) in [5.74, 6) is 2.74. The zero-order valence-electron chi connectivity index (χ0n) is 15.6. The first-order valence-electron chi connectivity index (χ1n) is 9.39. The first-order chi connectivity index (χ1) is 12.6. The van der Waals surface area contributed by atoms with Crippen molar-refractivity contribution in [3.8, 4) is 0 Å². The van der Waals surface area contributed by atoms with E-state index in [-0.39, 0.29) is 17.9 Å². The van der Waals surface area contributed by atoms with Crippen LogP contribution in [0.3, 0.4) is 0 Å². The number of hydrogen-bond donors (Lipinski definition) is 1. The van der Waals surface area contributed by atoms with Crippen LogP contribution in [0.25, 0.3) is 0 Å². The number of nitrogens with zero attached hydrogens (tertiary/aromatic N) is 1. The Balaban J connectivity index is 1.53. The summed E-state index contributed by atoms with van der Waals surface area (Å²) in [7, 11) is 0. The van der Waals surface area contributed by atoms with Crippen LogP contribution in [0.1, 0.15) is 37.3 Å². The van der Waals surface area contributed by atoms with Crippen LogP contribution in [0.4, 0.5) is 0 Å². The molecule has 4 nitrogen and oxygen atoms in total. The van der Waals surface area contributed by atoms with Crippen molar-refractivity contribution in [2.75, 3.05) is 25.4 Å². The Bertz CT molecular complexity index is 695. The van der Waals surface area contributed by atoms with E-state index in [0.717, 1.165) is 30.4 Å². The molecule has 0 bridgehead atoms. The Morgan fingerprint density at radius 2 is 1.92 bits per heavy atom. The molecule has 26 heavy (non-hydrogen) atoms. The standard InChI is InChI=1S/C21H28N2O2S/c1-16(15-26-18-8-4-3-5-9-18)21(24)22-14-19(23-12-6-7-13-23)20-11-10-17(2)25-20/h3-5,8-11,16,19H,6-7,12-15H2,1-2H3,(H,22,24). The predicted molar refractivity (Wildman–Crippen MR) is 106 cm³/mol. The van der Waals surface area contributed by atoms with Gasteiger partial charge in [-0.25, -0.2) is 0 Å². The molecule has 2 atom stereocenters. The molecule has 1 N–H and O–H groups in total.